The summed E-state index contributed by atoms with van der Waals surface area (Å²) in [4.78, 5) is 0. The van der Waals surface area contributed by atoms with Gasteiger partial charge in [-0.25, -0.2) is 0 Å². The molecule has 0 radical (unpaired) electrons. The SMILES string of the molecule is FC(F)SC1CCC1. The second kappa shape index (κ2) is 2.67. The Morgan fingerprint density at radius 3 is 2.12 bits per heavy atom. The molecule has 0 N–H and O–H groups in total. The Hall–Kier alpha value is 0.210. The molecule has 1 rings (SSSR count). The van der Waals surface area contributed by atoms with Gasteiger partial charge in [0.25, 0.3) is 5.76 Å². The van der Waals surface area contributed by atoms with Gasteiger partial charge in [-0.15, -0.1) is 0 Å². The van der Waals surface area contributed by atoms with Crippen molar-refractivity contribution in [2.75, 3.05) is 0 Å². The number of rotatable bonds is 2. The Morgan fingerprint density at radius 2 is 2.00 bits per heavy atom. The number of hydrogen-bond donors (Lipinski definition) is 0. The lowest BCUT2D eigenvalue weighted by Gasteiger charge is -2.23. The maximum Gasteiger partial charge on any atom is 0.284 e. The van der Waals surface area contributed by atoms with Gasteiger partial charge < -0.3 is 0 Å². The van der Waals surface area contributed by atoms with E-state index in [1.807, 2.05) is 0 Å². The van der Waals surface area contributed by atoms with E-state index in [0.29, 0.717) is 0 Å². The van der Waals surface area contributed by atoms with E-state index in [4.69, 9.17) is 0 Å². The lowest BCUT2D eigenvalue weighted by Crippen LogP contribution is -2.14. The first kappa shape index (κ1) is 6.33. The predicted molar refractivity (Wildman–Crippen MR) is 31.2 cm³/mol. The number of alkyl halides is 2. The lowest BCUT2D eigenvalue weighted by atomic mass is 10.0. The molecule has 0 aromatic heterocycles. The number of thioether (sulfide) groups is 1. The molecular weight excluding hydrogens is 130 g/mol. The van der Waals surface area contributed by atoms with Gasteiger partial charge >= 0.3 is 0 Å². The first-order valence-corrected chi connectivity index (χ1v) is 3.67. The van der Waals surface area contributed by atoms with Crippen LogP contribution in [0.3, 0.4) is 0 Å². The molecule has 0 atom stereocenters. The van der Waals surface area contributed by atoms with E-state index in [9.17, 15) is 8.78 Å². The molecule has 48 valence electrons. The van der Waals surface area contributed by atoms with Crippen LogP contribution in [0, 0.1) is 0 Å². The fourth-order valence-corrected chi connectivity index (χ4v) is 1.55. The zero-order valence-corrected chi connectivity index (χ0v) is 5.26. The summed E-state index contributed by atoms with van der Waals surface area (Å²) in [5.74, 6) is -2.15. The van der Waals surface area contributed by atoms with Crippen molar-refractivity contribution in [2.24, 2.45) is 0 Å². The third-order valence-electron chi connectivity index (χ3n) is 1.35. The van der Waals surface area contributed by atoms with Crippen LogP contribution in [0.25, 0.3) is 0 Å². The smallest absolute Gasteiger partial charge is 0.198 e. The zero-order chi connectivity index (χ0) is 5.98. The Kier molecular flexibility index (Phi) is 2.11. The standard InChI is InChI=1S/C5H8F2S/c6-5(7)8-4-2-1-3-4/h4-5H,1-3H2. The Balaban J connectivity index is 2.01. The van der Waals surface area contributed by atoms with Crippen LogP contribution in [0.15, 0.2) is 0 Å². The molecule has 0 aromatic carbocycles. The van der Waals surface area contributed by atoms with Crippen molar-refractivity contribution in [3.8, 4) is 0 Å². The highest BCUT2D eigenvalue weighted by atomic mass is 32.2. The van der Waals surface area contributed by atoms with E-state index in [1.54, 1.807) is 0 Å². The van der Waals surface area contributed by atoms with Gasteiger partial charge in [-0.1, -0.05) is 18.2 Å². The van der Waals surface area contributed by atoms with Crippen molar-refractivity contribution in [2.45, 2.75) is 30.3 Å². The molecule has 3 heteroatoms. The van der Waals surface area contributed by atoms with Crippen LogP contribution in [-0.4, -0.2) is 11.0 Å². The minimum Gasteiger partial charge on any atom is -0.198 e. The molecular formula is C5H8F2S. The second-order valence-electron chi connectivity index (χ2n) is 1.95. The molecule has 0 amide bonds. The van der Waals surface area contributed by atoms with Crippen LogP contribution in [0.1, 0.15) is 19.3 Å². The van der Waals surface area contributed by atoms with Crippen molar-refractivity contribution in [3.05, 3.63) is 0 Å². The summed E-state index contributed by atoms with van der Waals surface area (Å²) in [7, 11) is 0. The summed E-state index contributed by atoms with van der Waals surface area (Å²) in [6.45, 7) is 0. The first-order chi connectivity index (χ1) is 3.79. The fourth-order valence-electron chi connectivity index (χ4n) is 0.652. The molecule has 1 aliphatic carbocycles. The van der Waals surface area contributed by atoms with Crippen molar-refractivity contribution in [1.82, 2.24) is 0 Å². The van der Waals surface area contributed by atoms with Crippen LogP contribution < -0.4 is 0 Å². The molecule has 0 aromatic rings. The van der Waals surface area contributed by atoms with Gasteiger partial charge in [0.05, 0.1) is 0 Å². The number of halogens is 2. The Morgan fingerprint density at radius 1 is 1.38 bits per heavy atom. The molecule has 0 heterocycles. The monoisotopic (exact) mass is 138 g/mol. The van der Waals surface area contributed by atoms with E-state index in [1.165, 1.54) is 0 Å². The lowest BCUT2D eigenvalue weighted by molar-refractivity contribution is 0.249. The molecule has 0 bridgehead atoms. The van der Waals surface area contributed by atoms with Gasteiger partial charge in [-0.3, -0.25) is 0 Å². The predicted octanol–water partition coefficient (Wildman–Crippen LogP) is 2.49. The Labute approximate surface area is 51.6 Å². The molecule has 1 aliphatic rings. The van der Waals surface area contributed by atoms with Crippen molar-refractivity contribution in [3.63, 3.8) is 0 Å². The Bertz CT molecular complexity index is 70.8. The number of hydrogen-bond acceptors (Lipinski definition) is 1. The van der Waals surface area contributed by atoms with Gasteiger partial charge in [0.15, 0.2) is 0 Å². The minimum absolute atomic E-state index is 0.273. The summed E-state index contributed by atoms with van der Waals surface area (Å²) in [5.41, 5.74) is 0. The van der Waals surface area contributed by atoms with Gasteiger partial charge in [-0.05, 0) is 12.8 Å². The quantitative estimate of drug-likeness (QED) is 0.565. The van der Waals surface area contributed by atoms with Gasteiger partial charge in [0.1, 0.15) is 0 Å². The van der Waals surface area contributed by atoms with Crippen molar-refractivity contribution < 1.29 is 8.78 Å². The molecule has 8 heavy (non-hydrogen) atoms. The third-order valence-corrected chi connectivity index (χ3v) is 2.41. The summed E-state index contributed by atoms with van der Waals surface area (Å²) < 4.78 is 22.9. The van der Waals surface area contributed by atoms with Crippen LogP contribution in [0.5, 0.6) is 0 Å². The molecule has 1 fully saturated rings. The molecule has 0 nitrogen and oxygen atoms in total. The van der Waals surface area contributed by atoms with E-state index in [-0.39, 0.29) is 5.25 Å². The largest absolute Gasteiger partial charge is 0.284 e. The van der Waals surface area contributed by atoms with E-state index in [2.05, 4.69) is 0 Å². The first-order valence-electron chi connectivity index (χ1n) is 2.72. The van der Waals surface area contributed by atoms with Gasteiger partial charge in [0.2, 0.25) is 0 Å². The normalized spacial score (nSPS) is 21.4. The summed E-state index contributed by atoms with van der Waals surface area (Å²) in [5, 5.41) is 0.273. The van der Waals surface area contributed by atoms with Gasteiger partial charge in [-0.2, -0.15) is 8.78 Å². The summed E-state index contributed by atoms with van der Waals surface area (Å²) in [6, 6.07) is 0. The molecule has 0 saturated heterocycles. The average Bonchev–Trinajstić information content (AvgIpc) is 1.55. The maximum atomic E-state index is 11.5. The summed E-state index contributed by atoms with van der Waals surface area (Å²) in [6.07, 6.45) is 3.13. The summed E-state index contributed by atoms with van der Waals surface area (Å²) >= 11 is 0.808. The van der Waals surface area contributed by atoms with Gasteiger partial charge in [0, 0.05) is 5.25 Å². The van der Waals surface area contributed by atoms with Crippen LogP contribution in [-0.2, 0) is 0 Å². The highest BCUT2D eigenvalue weighted by Gasteiger charge is 2.21. The fraction of sp³-hybridized carbons (Fsp3) is 1.00. The minimum atomic E-state index is -2.15. The zero-order valence-electron chi connectivity index (χ0n) is 4.44. The third kappa shape index (κ3) is 1.62. The van der Waals surface area contributed by atoms with Crippen molar-refractivity contribution >= 4 is 11.8 Å². The molecule has 0 unspecified atom stereocenters. The molecule has 0 aliphatic heterocycles. The highest BCUT2D eigenvalue weighted by Crippen LogP contribution is 2.34. The average molecular weight is 138 g/mol. The van der Waals surface area contributed by atoms with Crippen molar-refractivity contribution in [1.29, 1.82) is 0 Å². The van der Waals surface area contributed by atoms with E-state index in [0.717, 1.165) is 31.0 Å². The topological polar surface area (TPSA) is 0 Å². The van der Waals surface area contributed by atoms with Crippen LogP contribution in [0.2, 0.25) is 0 Å². The second-order valence-corrected chi connectivity index (χ2v) is 3.24. The van der Waals surface area contributed by atoms with Crippen LogP contribution >= 0.6 is 11.8 Å². The maximum absolute atomic E-state index is 11.5. The van der Waals surface area contributed by atoms with E-state index >= 15 is 0 Å². The molecule has 1 saturated carbocycles. The van der Waals surface area contributed by atoms with E-state index < -0.39 is 5.76 Å². The molecule has 0 spiro atoms. The highest BCUT2D eigenvalue weighted by molar-refractivity contribution is 8.00. The van der Waals surface area contributed by atoms with Crippen LogP contribution in [0.4, 0.5) is 8.78 Å².